The molecular formula is C20H28N2O2. The lowest BCUT2D eigenvalue weighted by molar-refractivity contribution is 0.242. The summed E-state index contributed by atoms with van der Waals surface area (Å²) in [6.07, 6.45) is 0.399. The first-order chi connectivity index (χ1) is 11.5. The highest BCUT2D eigenvalue weighted by Crippen LogP contribution is 2.18. The van der Waals surface area contributed by atoms with Crippen molar-refractivity contribution < 1.29 is 9.47 Å². The van der Waals surface area contributed by atoms with E-state index in [0.717, 1.165) is 36.0 Å². The average molecular weight is 328 g/mol. The van der Waals surface area contributed by atoms with Crippen LogP contribution < -0.4 is 20.1 Å². The van der Waals surface area contributed by atoms with Gasteiger partial charge in [-0.3, -0.25) is 0 Å². The Morgan fingerprint density at radius 3 is 1.25 bits per heavy atom. The number of benzene rings is 2. The molecule has 0 amide bonds. The van der Waals surface area contributed by atoms with Crippen LogP contribution in [0.3, 0.4) is 0 Å². The Hall–Kier alpha value is -2.36. The monoisotopic (exact) mass is 328 g/mol. The molecule has 0 aliphatic heterocycles. The third-order valence-corrected chi connectivity index (χ3v) is 3.24. The summed E-state index contributed by atoms with van der Waals surface area (Å²) in [6, 6.07) is 16.1. The van der Waals surface area contributed by atoms with Gasteiger partial charge in [0.05, 0.1) is 12.2 Å². The predicted molar refractivity (Wildman–Crippen MR) is 101 cm³/mol. The zero-order valence-electron chi connectivity index (χ0n) is 15.0. The van der Waals surface area contributed by atoms with Gasteiger partial charge in [-0.2, -0.15) is 0 Å². The van der Waals surface area contributed by atoms with E-state index >= 15 is 0 Å². The minimum absolute atomic E-state index is 0.199. The molecule has 0 unspecified atom stereocenters. The van der Waals surface area contributed by atoms with Crippen LogP contribution in [0.1, 0.15) is 27.7 Å². The minimum atomic E-state index is 0.199. The summed E-state index contributed by atoms with van der Waals surface area (Å²) in [6.45, 7) is 9.79. The van der Waals surface area contributed by atoms with Gasteiger partial charge in [-0.1, -0.05) is 0 Å². The lowest BCUT2D eigenvalue weighted by Crippen LogP contribution is -2.13. The van der Waals surface area contributed by atoms with Crippen LogP contribution in [0, 0.1) is 0 Å². The maximum absolute atomic E-state index is 5.64. The molecule has 4 heteroatoms. The topological polar surface area (TPSA) is 42.5 Å². The van der Waals surface area contributed by atoms with Crippen LogP contribution in [0.25, 0.3) is 0 Å². The van der Waals surface area contributed by atoms with E-state index in [1.54, 1.807) is 0 Å². The van der Waals surface area contributed by atoms with E-state index in [-0.39, 0.29) is 12.2 Å². The first kappa shape index (κ1) is 18.0. The molecule has 24 heavy (non-hydrogen) atoms. The van der Waals surface area contributed by atoms with Gasteiger partial charge in [0.25, 0.3) is 0 Å². The molecule has 2 N–H and O–H groups in total. The highest BCUT2D eigenvalue weighted by atomic mass is 16.5. The number of ether oxygens (including phenoxy) is 2. The molecule has 0 bridgehead atoms. The molecule has 0 aromatic heterocycles. The van der Waals surface area contributed by atoms with Crippen LogP contribution in [0.2, 0.25) is 0 Å². The highest BCUT2D eigenvalue weighted by molar-refractivity contribution is 5.48. The van der Waals surface area contributed by atoms with Crippen molar-refractivity contribution in [3.05, 3.63) is 48.5 Å². The summed E-state index contributed by atoms with van der Waals surface area (Å²) >= 11 is 0. The standard InChI is InChI=1S/C20H28N2O2/c1-15(2)23-19-9-5-17(6-10-19)21-13-14-22-18-7-11-20(12-8-18)24-16(3)4/h5-12,15-16,21-22H,13-14H2,1-4H3. The Morgan fingerprint density at radius 1 is 0.625 bits per heavy atom. The molecule has 0 atom stereocenters. The Kier molecular flexibility index (Phi) is 6.79. The maximum Gasteiger partial charge on any atom is 0.119 e. The molecule has 0 heterocycles. The van der Waals surface area contributed by atoms with Crippen molar-refractivity contribution in [2.24, 2.45) is 0 Å². The summed E-state index contributed by atoms with van der Waals surface area (Å²) in [7, 11) is 0. The smallest absolute Gasteiger partial charge is 0.119 e. The first-order valence-corrected chi connectivity index (χ1v) is 8.54. The molecule has 2 rings (SSSR count). The summed E-state index contributed by atoms with van der Waals surface area (Å²) in [4.78, 5) is 0. The third kappa shape index (κ3) is 6.41. The van der Waals surface area contributed by atoms with Gasteiger partial charge >= 0.3 is 0 Å². The second-order valence-corrected chi connectivity index (χ2v) is 6.24. The summed E-state index contributed by atoms with van der Waals surface area (Å²) < 4.78 is 11.3. The number of rotatable bonds is 9. The van der Waals surface area contributed by atoms with Crippen molar-refractivity contribution in [3.63, 3.8) is 0 Å². The Balaban J connectivity index is 1.70. The first-order valence-electron chi connectivity index (χ1n) is 8.54. The molecule has 0 radical (unpaired) electrons. The van der Waals surface area contributed by atoms with Crippen molar-refractivity contribution >= 4 is 11.4 Å². The second kappa shape index (κ2) is 9.06. The van der Waals surface area contributed by atoms with E-state index in [9.17, 15) is 0 Å². The molecule has 0 fully saturated rings. The van der Waals surface area contributed by atoms with Gasteiger partial charge in [-0.25, -0.2) is 0 Å². The Bertz CT molecular complexity index is 537. The van der Waals surface area contributed by atoms with Crippen LogP contribution in [-0.2, 0) is 0 Å². The molecule has 0 saturated carbocycles. The number of nitrogens with one attached hydrogen (secondary N) is 2. The van der Waals surface area contributed by atoms with E-state index in [0.29, 0.717) is 0 Å². The normalized spacial score (nSPS) is 10.8. The molecule has 2 aromatic rings. The second-order valence-electron chi connectivity index (χ2n) is 6.24. The van der Waals surface area contributed by atoms with Crippen LogP contribution in [0.15, 0.2) is 48.5 Å². The largest absolute Gasteiger partial charge is 0.491 e. The quantitative estimate of drug-likeness (QED) is 0.650. The zero-order valence-corrected chi connectivity index (χ0v) is 15.0. The molecule has 4 nitrogen and oxygen atoms in total. The zero-order chi connectivity index (χ0) is 17.4. The van der Waals surface area contributed by atoms with E-state index in [4.69, 9.17) is 9.47 Å². The van der Waals surface area contributed by atoms with Gasteiger partial charge in [-0.05, 0) is 76.2 Å². The van der Waals surface area contributed by atoms with Gasteiger partial charge in [0.1, 0.15) is 11.5 Å². The lowest BCUT2D eigenvalue weighted by atomic mass is 10.3. The Morgan fingerprint density at radius 2 is 0.958 bits per heavy atom. The van der Waals surface area contributed by atoms with Crippen LogP contribution in [-0.4, -0.2) is 25.3 Å². The minimum Gasteiger partial charge on any atom is -0.491 e. The Labute approximate surface area is 145 Å². The molecule has 2 aromatic carbocycles. The molecule has 0 saturated heterocycles. The fraction of sp³-hybridized carbons (Fsp3) is 0.400. The summed E-state index contributed by atoms with van der Waals surface area (Å²) in [5.74, 6) is 1.80. The van der Waals surface area contributed by atoms with Gasteiger partial charge in [-0.15, -0.1) is 0 Å². The summed E-state index contributed by atoms with van der Waals surface area (Å²) in [5, 5.41) is 6.78. The van der Waals surface area contributed by atoms with Gasteiger partial charge in [0.15, 0.2) is 0 Å². The van der Waals surface area contributed by atoms with Crippen molar-refractivity contribution in [3.8, 4) is 11.5 Å². The van der Waals surface area contributed by atoms with Gasteiger partial charge in [0, 0.05) is 24.5 Å². The molecule has 130 valence electrons. The van der Waals surface area contributed by atoms with Crippen LogP contribution in [0.5, 0.6) is 11.5 Å². The van der Waals surface area contributed by atoms with E-state index in [1.807, 2.05) is 76.2 Å². The van der Waals surface area contributed by atoms with Crippen LogP contribution in [0.4, 0.5) is 11.4 Å². The van der Waals surface area contributed by atoms with Gasteiger partial charge in [0.2, 0.25) is 0 Å². The van der Waals surface area contributed by atoms with Crippen molar-refractivity contribution in [1.29, 1.82) is 0 Å². The van der Waals surface area contributed by atoms with E-state index < -0.39 is 0 Å². The van der Waals surface area contributed by atoms with E-state index in [2.05, 4.69) is 10.6 Å². The predicted octanol–water partition coefficient (Wildman–Crippen LogP) is 4.79. The summed E-state index contributed by atoms with van der Waals surface area (Å²) in [5.41, 5.74) is 2.18. The molecule has 0 aliphatic carbocycles. The molecular weight excluding hydrogens is 300 g/mol. The average Bonchev–Trinajstić information content (AvgIpc) is 2.53. The van der Waals surface area contributed by atoms with Crippen molar-refractivity contribution in [2.75, 3.05) is 23.7 Å². The van der Waals surface area contributed by atoms with Crippen molar-refractivity contribution in [2.45, 2.75) is 39.9 Å². The van der Waals surface area contributed by atoms with Gasteiger partial charge < -0.3 is 20.1 Å². The number of anilines is 2. The third-order valence-electron chi connectivity index (χ3n) is 3.24. The van der Waals surface area contributed by atoms with Crippen LogP contribution >= 0.6 is 0 Å². The molecule has 0 aliphatic rings. The lowest BCUT2D eigenvalue weighted by Gasteiger charge is -2.12. The highest BCUT2D eigenvalue weighted by Gasteiger charge is 1.99. The number of hydrogen-bond donors (Lipinski definition) is 2. The fourth-order valence-electron chi connectivity index (χ4n) is 2.26. The molecule has 0 spiro atoms. The number of hydrogen-bond acceptors (Lipinski definition) is 4. The van der Waals surface area contributed by atoms with E-state index in [1.165, 1.54) is 0 Å². The SMILES string of the molecule is CC(C)Oc1ccc(NCCNc2ccc(OC(C)C)cc2)cc1. The fourth-order valence-corrected chi connectivity index (χ4v) is 2.26. The van der Waals surface area contributed by atoms with Crippen molar-refractivity contribution in [1.82, 2.24) is 0 Å². The maximum atomic E-state index is 5.64.